The van der Waals surface area contributed by atoms with Crippen LogP contribution < -0.4 is 10.1 Å². The zero-order valence-corrected chi connectivity index (χ0v) is 35.3. The fraction of sp³-hybridized carbons (Fsp3) is 0.535. The molecule has 16 heteroatoms. The highest BCUT2D eigenvalue weighted by Gasteiger charge is 2.50. The number of nitrogens with zero attached hydrogens (tertiary/aromatic N) is 3. The lowest BCUT2D eigenvalue weighted by Gasteiger charge is -2.38. The number of ketones is 1. The Morgan fingerprint density at radius 3 is 2.24 bits per heavy atom. The number of carbonyl (C=O) groups is 3. The number of Topliss-reactive ketones (excluding diaryl/α,β-unsaturated/α-hetero) is 1. The Morgan fingerprint density at radius 1 is 0.949 bits per heavy atom. The van der Waals surface area contributed by atoms with Crippen LogP contribution in [0.2, 0.25) is 0 Å². The summed E-state index contributed by atoms with van der Waals surface area (Å²) in [5, 5.41) is 66.8. The number of rotatable bonds is 4. The SMILES string of the molecule is CO[C@H]1/C=C/O[C@@]2(C)Oc3c(C)c(O)c4c(O)c(c(/C=N/N5CCN(C)CC5)c(O)c4c3C2=O)NC(=O)/C(C)=C\C=C\C(C)[C@H](O)[C@@H](C)[C@@H](O)[C@@H](C)C(OC(C)=O)[C@@H]1C. The van der Waals surface area contributed by atoms with Crippen LogP contribution >= 0.6 is 0 Å². The summed E-state index contributed by atoms with van der Waals surface area (Å²) in [6.07, 6.45) is 4.86. The number of aliphatic hydroxyl groups excluding tert-OH is 2. The zero-order valence-electron chi connectivity index (χ0n) is 35.3. The van der Waals surface area contributed by atoms with Crippen LogP contribution in [-0.4, -0.2) is 130 Å². The number of nitrogens with one attached hydrogen (secondary N) is 1. The number of likely N-dealkylation sites (N-methyl/N-ethyl adjacent to an activating group) is 1. The molecule has 6 rings (SSSR count). The van der Waals surface area contributed by atoms with E-state index >= 15 is 0 Å². The average Bonchev–Trinajstić information content (AvgIpc) is 3.46. The van der Waals surface area contributed by atoms with Gasteiger partial charge >= 0.3 is 11.8 Å². The molecule has 6 N–H and O–H groups in total. The van der Waals surface area contributed by atoms with Crippen molar-refractivity contribution in [3.8, 4) is 23.0 Å². The molecule has 0 aliphatic carbocycles. The minimum absolute atomic E-state index is 0.0559. The molecule has 4 aliphatic heterocycles. The fourth-order valence-corrected chi connectivity index (χ4v) is 7.92. The monoisotopic (exact) mass is 822 g/mol. The molecule has 0 spiro atoms. The number of allylic oxidation sites excluding steroid dienone is 2. The predicted molar refractivity (Wildman–Crippen MR) is 220 cm³/mol. The Hall–Kier alpha value is -5.16. The number of fused-ring (bicyclic) bond motifs is 14. The van der Waals surface area contributed by atoms with Gasteiger partial charge in [0.15, 0.2) is 5.75 Å². The van der Waals surface area contributed by atoms with Crippen LogP contribution in [0.15, 0.2) is 41.2 Å². The zero-order chi connectivity index (χ0) is 43.7. The summed E-state index contributed by atoms with van der Waals surface area (Å²) in [6, 6.07) is 0. The summed E-state index contributed by atoms with van der Waals surface area (Å²) < 4.78 is 23.6. The Morgan fingerprint density at radius 2 is 1.61 bits per heavy atom. The lowest BCUT2D eigenvalue weighted by atomic mass is 9.78. The van der Waals surface area contributed by atoms with Gasteiger partial charge in [0.1, 0.15) is 23.4 Å². The standard InChI is InChI=1S/C43H58N4O12/c1-21-12-11-13-22(2)42(55)45-33-28(20-44-47-17-15-46(9)16-18-47)37(52)30-31(38(33)53)36(51)26(6)40-32(30)41(54)43(8,59-40)57-19-14-29(56-10)23(3)39(58-27(7)48)25(5)35(50)24(4)34(21)49/h11-14,19-21,23-25,29,34-35,39,49-53H,15-18H2,1-10H3,(H,45,55)/b12-11+,19-14+,22-13-,44-20+/t21?,23-,24-,25-,29+,34+,35-,39?,43+/m1/s1. The second-order valence-electron chi connectivity index (χ2n) is 16.1. The first-order valence-corrected chi connectivity index (χ1v) is 19.8. The second-order valence-corrected chi connectivity index (χ2v) is 16.1. The second kappa shape index (κ2) is 18.0. The van der Waals surface area contributed by atoms with Crippen molar-refractivity contribution in [1.82, 2.24) is 9.91 Å². The molecule has 4 heterocycles. The molecule has 0 saturated carbocycles. The third-order valence-electron chi connectivity index (χ3n) is 11.9. The number of aromatic hydroxyl groups is 3. The Labute approximate surface area is 344 Å². The van der Waals surface area contributed by atoms with Gasteiger partial charge in [0.25, 0.3) is 11.7 Å². The molecule has 322 valence electrons. The van der Waals surface area contributed by atoms with Gasteiger partial charge in [-0.3, -0.25) is 19.4 Å². The number of aliphatic hydroxyl groups is 2. The number of phenolic OH excluding ortho intramolecular Hbond substituents is 3. The van der Waals surface area contributed by atoms with Crippen molar-refractivity contribution in [2.45, 2.75) is 85.6 Å². The number of benzene rings is 2. The van der Waals surface area contributed by atoms with Gasteiger partial charge in [-0.15, -0.1) is 0 Å². The number of methoxy groups -OCH3 is 1. The van der Waals surface area contributed by atoms with Crippen LogP contribution in [0.4, 0.5) is 5.69 Å². The number of carbonyl (C=O) groups excluding carboxylic acids is 3. The van der Waals surface area contributed by atoms with Crippen molar-refractivity contribution in [1.29, 1.82) is 0 Å². The number of amides is 1. The van der Waals surface area contributed by atoms with Gasteiger partial charge in [0.2, 0.25) is 0 Å². The van der Waals surface area contributed by atoms with E-state index in [0.717, 1.165) is 13.1 Å². The van der Waals surface area contributed by atoms with E-state index in [1.54, 1.807) is 44.9 Å². The van der Waals surface area contributed by atoms with E-state index in [1.165, 1.54) is 59.4 Å². The van der Waals surface area contributed by atoms with Crippen LogP contribution in [0.3, 0.4) is 0 Å². The molecule has 59 heavy (non-hydrogen) atoms. The van der Waals surface area contributed by atoms with E-state index < -0.39 is 88.8 Å². The van der Waals surface area contributed by atoms with E-state index in [2.05, 4.69) is 15.3 Å². The van der Waals surface area contributed by atoms with Gasteiger partial charge in [0.05, 0.1) is 53.0 Å². The molecule has 5 bridgehead atoms. The van der Waals surface area contributed by atoms with E-state index in [1.807, 2.05) is 7.05 Å². The van der Waals surface area contributed by atoms with E-state index in [0.29, 0.717) is 13.1 Å². The molecule has 1 fully saturated rings. The molecule has 2 unspecified atom stereocenters. The normalized spacial score (nSPS) is 32.1. The van der Waals surface area contributed by atoms with E-state index in [4.69, 9.17) is 18.9 Å². The van der Waals surface area contributed by atoms with Gasteiger partial charge in [0, 0.05) is 87.3 Å². The molecule has 4 aliphatic rings. The largest absolute Gasteiger partial charge is 0.507 e. The lowest BCUT2D eigenvalue weighted by Crippen LogP contribution is -2.46. The molecule has 1 amide bonds. The molecule has 2 aromatic carbocycles. The van der Waals surface area contributed by atoms with Crippen LogP contribution in [0.1, 0.15) is 70.0 Å². The number of hydrogen-bond acceptors (Lipinski definition) is 15. The molecule has 1 saturated heterocycles. The average molecular weight is 823 g/mol. The number of anilines is 1. The first-order valence-electron chi connectivity index (χ1n) is 19.8. The van der Waals surface area contributed by atoms with Crippen molar-refractivity contribution in [3.63, 3.8) is 0 Å². The minimum atomic E-state index is -2.04. The van der Waals surface area contributed by atoms with E-state index in [9.17, 15) is 39.9 Å². The summed E-state index contributed by atoms with van der Waals surface area (Å²) in [4.78, 5) is 42.6. The minimum Gasteiger partial charge on any atom is -0.507 e. The summed E-state index contributed by atoms with van der Waals surface area (Å²) in [6.45, 7) is 15.1. The van der Waals surface area contributed by atoms with Crippen molar-refractivity contribution in [3.05, 3.63) is 52.8 Å². The van der Waals surface area contributed by atoms with Crippen molar-refractivity contribution in [2.24, 2.45) is 28.8 Å². The molecule has 2 aromatic rings. The highest BCUT2D eigenvalue weighted by atomic mass is 16.7. The van der Waals surface area contributed by atoms with Gasteiger partial charge in [-0.1, -0.05) is 45.9 Å². The highest BCUT2D eigenvalue weighted by molar-refractivity contribution is 6.23. The van der Waals surface area contributed by atoms with Crippen molar-refractivity contribution < 1.29 is 58.9 Å². The third kappa shape index (κ3) is 8.91. The number of piperazine rings is 1. The molecule has 9 atom stereocenters. The van der Waals surface area contributed by atoms with Crippen LogP contribution in [-0.2, 0) is 23.8 Å². The molecule has 0 aromatic heterocycles. The maximum Gasteiger partial charge on any atom is 0.312 e. The number of ether oxygens (including phenoxy) is 4. The topological polar surface area (TPSA) is 220 Å². The Balaban J connectivity index is 1.70. The highest BCUT2D eigenvalue weighted by Crippen LogP contribution is 2.55. The number of esters is 1. The smallest absolute Gasteiger partial charge is 0.312 e. The Bertz CT molecular complexity index is 2070. The molecule has 0 radical (unpaired) electrons. The lowest BCUT2D eigenvalue weighted by molar-refractivity contribution is -0.160. The van der Waals surface area contributed by atoms with Gasteiger partial charge in [-0.2, -0.15) is 5.10 Å². The van der Waals surface area contributed by atoms with Crippen LogP contribution in [0.5, 0.6) is 23.0 Å². The number of hydrogen-bond donors (Lipinski definition) is 6. The van der Waals surface area contributed by atoms with Crippen molar-refractivity contribution in [2.75, 3.05) is 45.7 Å². The Kier molecular flexibility index (Phi) is 13.7. The first-order chi connectivity index (χ1) is 27.7. The van der Waals surface area contributed by atoms with Crippen molar-refractivity contribution >= 4 is 40.3 Å². The van der Waals surface area contributed by atoms with Crippen LogP contribution in [0, 0.1) is 30.6 Å². The van der Waals surface area contributed by atoms with Gasteiger partial charge in [-0.25, -0.2) is 0 Å². The maximum atomic E-state index is 14.4. The summed E-state index contributed by atoms with van der Waals surface area (Å²) in [7, 11) is 3.42. The molecule has 16 nitrogen and oxygen atoms in total. The molecular formula is C43H58N4O12. The van der Waals surface area contributed by atoms with Gasteiger partial charge < -0.3 is 54.7 Å². The predicted octanol–water partition coefficient (Wildman–Crippen LogP) is 4.34. The third-order valence-corrected chi connectivity index (χ3v) is 11.9. The number of hydrazone groups is 1. The maximum absolute atomic E-state index is 14.4. The van der Waals surface area contributed by atoms with Gasteiger partial charge in [-0.05, 0) is 27.0 Å². The summed E-state index contributed by atoms with van der Waals surface area (Å²) >= 11 is 0. The first kappa shape index (κ1) is 44.9. The quantitative estimate of drug-likeness (QED) is 0.109. The summed E-state index contributed by atoms with van der Waals surface area (Å²) in [5.41, 5.74) is -0.350. The number of phenols is 3. The summed E-state index contributed by atoms with van der Waals surface area (Å²) in [5.74, 6) is -8.34. The van der Waals surface area contributed by atoms with Crippen LogP contribution in [0.25, 0.3) is 10.8 Å². The molecular weight excluding hydrogens is 764 g/mol. The fourth-order valence-electron chi connectivity index (χ4n) is 7.92. The van der Waals surface area contributed by atoms with E-state index in [-0.39, 0.29) is 44.5 Å².